The number of carbonyl (C=O) groups excluding carboxylic acids is 1. The lowest BCUT2D eigenvalue weighted by atomic mass is 10.1. The number of ether oxygens (including phenoxy) is 2. The van der Waals surface area contributed by atoms with Gasteiger partial charge in [-0.05, 0) is 17.5 Å². The maximum absolute atomic E-state index is 11.7. The molecule has 1 unspecified atom stereocenters. The van der Waals surface area contributed by atoms with Crippen LogP contribution in [0.15, 0.2) is 24.3 Å². The number of carbonyl (C=O) groups is 1. The Kier molecular flexibility index (Phi) is 10.9. The lowest BCUT2D eigenvalue weighted by Crippen LogP contribution is -2.43. The van der Waals surface area contributed by atoms with E-state index in [4.69, 9.17) is 15.2 Å². The standard InChI is InChI=1S/C15H24N2O3.ClH/c1-3-8-20-10-13-7-5-4-6-12(13)9-17-15(18)14(16)11-19-2;/h4-7,14H,3,8-11,16H2,1-2H3,(H,17,18);1H. The number of nitrogens with one attached hydrogen (secondary N) is 1. The predicted octanol–water partition coefficient (Wildman–Crippen LogP) is 1.62. The Morgan fingerprint density at radius 3 is 2.62 bits per heavy atom. The summed E-state index contributed by atoms with van der Waals surface area (Å²) >= 11 is 0. The molecular weight excluding hydrogens is 292 g/mol. The monoisotopic (exact) mass is 316 g/mol. The largest absolute Gasteiger partial charge is 0.383 e. The first-order chi connectivity index (χ1) is 9.69. The van der Waals surface area contributed by atoms with Crippen molar-refractivity contribution < 1.29 is 14.3 Å². The van der Waals surface area contributed by atoms with Gasteiger partial charge in [0.1, 0.15) is 6.04 Å². The van der Waals surface area contributed by atoms with Crippen LogP contribution in [0.2, 0.25) is 0 Å². The van der Waals surface area contributed by atoms with Crippen LogP contribution in [0, 0.1) is 0 Å². The molecule has 0 aliphatic rings. The molecule has 0 heterocycles. The van der Waals surface area contributed by atoms with Crippen LogP contribution in [-0.2, 0) is 27.4 Å². The van der Waals surface area contributed by atoms with Gasteiger partial charge in [0, 0.05) is 20.3 Å². The minimum absolute atomic E-state index is 0. The highest BCUT2D eigenvalue weighted by Crippen LogP contribution is 2.10. The summed E-state index contributed by atoms with van der Waals surface area (Å²) in [5.74, 6) is -0.212. The maximum atomic E-state index is 11.7. The Labute approximate surface area is 132 Å². The van der Waals surface area contributed by atoms with Crippen LogP contribution in [0.4, 0.5) is 0 Å². The summed E-state index contributed by atoms with van der Waals surface area (Å²) < 4.78 is 10.4. The molecule has 0 saturated carbocycles. The van der Waals surface area contributed by atoms with E-state index < -0.39 is 6.04 Å². The molecule has 120 valence electrons. The molecule has 1 aromatic carbocycles. The molecule has 0 aromatic heterocycles. The highest BCUT2D eigenvalue weighted by atomic mass is 35.5. The topological polar surface area (TPSA) is 73.6 Å². The highest BCUT2D eigenvalue weighted by Gasteiger charge is 2.13. The zero-order valence-corrected chi connectivity index (χ0v) is 13.4. The number of hydrogen-bond donors (Lipinski definition) is 2. The second-order valence-corrected chi connectivity index (χ2v) is 4.60. The Morgan fingerprint density at radius 2 is 2.00 bits per heavy atom. The first-order valence-electron chi connectivity index (χ1n) is 6.85. The summed E-state index contributed by atoms with van der Waals surface area (Å²) in [5, 5.41) is 2.81. The van der Waals surface area contributed by atoms with E-state index in [0.29, 0.717) is 13.2 Å². The molecule has 0 aliphatic carbocycles. The lowest BCUT2D eigenvalue weighted by Gasteiger charge is -2.13. The van der Waals surface area contributed by atoms with Crippen LogP contribution in [0.25, 0.3) is 0 Å². The third kappa shape index (κ3) is 7.43. The van der Waals surface area contributed by atoms with E-state index in [0.717, 1.165) is 24.2 Å². The Morgan fingerprint density at radius 1 is 1.33 bits per heavy atom. The van der Waals surface area contributed by atoms with E-state index in [1.807, 2.05) is 24.3 Å². The number of nitrogens with two attached hydrogens (primary N) is 1. The molecule has 0 bridgehead atoms. The molecule has 1 aromatic rings. The summed E-state index contributed by atoms with van der Waals surface area (Å²) in [7, 11) is 1.52. The molecule has 0 radical (unpaired) electrons. The first-order valence-corrected chi connectivity index (χ1v) is 6.85. The normalized spacial score (nSPS) is 11.6. The van der Waals surface area contributed by atoms with Crippen molar-refractivity contribution in [2.75, 3.05) is 20.3 Å². The Bertz CT molecular complexity index is 416. The van der Waals surface area contributed by atoms with E-state index in [-0.39, 0.29) is 24.9 Å². The second-order valence-electron chi connectivity index (χ2n) is 4.60. The molecule has 0 fully saturated rings. The van der Waals surface area contributed by atoms with E-state index in [1.165, 1.54) is 7.11 Å². The molecule has 3 N–H and O–H groups in total. The van der Waals surface area contributed by atoms with Gasteiger partial charge in [-0.3, -0.25) is 4.79 Å². The molecule has 0 spiro atoms. The number of amides is 1. The molecule has 0 saturated heterocycles. The van der Waals surface area contributed by atoms with Crippen molar-refractivity contribution in [2.45, 2.75) is 32.5 Å². The van der Waals surface area contributed by atoms with Gasteiger partial charge in [0.2, 0.25) is 5.91 Å². The molecule has 1 atom stereocenters. The van der Waals surface area contributed by atoms with Gasteiger partial charge in [-0.25, -0.2) is 0 Å². The molecular formula is C15H25ClN2O3. The van der Waals surface area contributed by atoms with Gasteiger partial charge >= 0.3 is 0 Å². The van der Waals surface area contributed by atoms with Crippen LogP contribution in [-0.4, -0.2) is 32.3 Å². The fourth-order valence-electron chi connectivity index (χ4n) is 1.77. The fraction of sp³-hybridized carbons (Fsp3) is 0.533. The minimum Gasteiger partial charge on any atom is -0.383 e. The predicted molar refractivity (Wildman–Crippen MR) is 85.3 cm³/mol. The van der Waals surface area contributed by atoms with Crippen molar-refractivity contribution in [3.8, 4) is 0 Å². The summed E-state index contributed by atoms with van der Waals surface area (Å²) in [4.78, 5) is 11.7. The van der Waals surface area contributed by atoms with Crippen molar-refractivity contribution in [1.29, 1.82) is 0 Å². The van der Waals surface area contributed by atoms with Crippen molar-refractivity contribution >= 4 is 18.3 Å². The summed E-state index contributed by atoms with van der Waals surface area (Å²) in [6.45, 7) is 4.03. The van der Waals surface area contributed by atoms with Crippen LogP contribution in [0.3, 0.4) is 0 Å². The number of hydrogen-bond acceptors (Lipinski definition) is 4. The van der Waals surface area contributed by atoms with Gasteiger partial charge in [0.15, 0.2) is 0 Å². The summed E-state index contributed by atoms with van der Waals surface area (Å²) in [6.07, 6.45) is 0.991. The summed E-state index contributed by atoms with van der Waals surface area (Å²) in [6, 6.07) is 7.26. The van der Waals surface area contributed by atoms with E-state index >= 15 is 0 Å². The van der Waals surface area contributed by atoms with Gasteiger partial charge in [0.05, 0.1) is 13.2 Å². The molecule has 1 rings (SSSR count). The van der Waals surface area contributed by atoms with Crippen molar-refractivity contribution in [1.82, 2.24) is 5.32 Å². The fourth-order valence-corrected chi connectivity index (χ4v) is 1.77. The molecule has 21 heavy (non-hydrogen) atoms. The SMILES string of the molecule is CCCOCc1ccccc1CNC(=O)C(N)COC.Cl. The number of methoxy groups -OCH3 is 1. The average molecular weight is 317 g/mol. The zero-order valence-electron chi connectivity index (χ0n) is 12.6. The number of benzene rings is 1. The second kappa shape index (κ2) is 11.5. The van der Waals surface area contributed by atoms with Crippen LogP contribution in [0.5, 0.6) is 0 Å². The zero-order chi connectivity index (χ0) is 14.8. The number of halogens is 1. The van der Waals surface area contributed by atoms with Gasteiger partial charge in [-0.1, -0.05) is 31.2 Å². The van der Waals surface area contributed by atoms with Gasteiger partial charge in [0.25, 0.3) is 0 Å². The quantitative estimate of drug-likeness (QED) is 0.679. The van der Waals surface area contributed by atoms with Crippen LogP contribution >= 0.6 is 12.4 Å². The molecule has 5 nitrogen and oxygen atoms in total. The molecule has 6 heteroatoms. The Balaban J connectivity index is 0.00000400. The number of rotatable bonds is 9. The van der Waals surface area contributed by atoms with E-state index in [2.05, 4.69) is 12.2 Å². The third-order valence-electron chi connectivity index (χ3n) is 2.86. The first kappa shape index (κ1) is 19.9. The third-order valence-corrected chi connectivity index (χ3v) is 2.86. The van der Waals surface area contributed by atoms with Gasteiger partial charge in [-0.15, -0.1) is 12.4 Å². The smallest absolute Gasteiger partial charge is 0.239 e. The minimum atomic E-state index is -0.636. The van der Waals surface area contributed by atoms with Crippen LogP contribution in [0.1, 0.15) is 24.5 Å². The van der Waals surface area contributed by atoms with Gasteiger partial charge < -0.3 is 20.5 Å². The highest BCUT2D eigenvalue weighted by molar-refractivity contribution is 5.85. The molecule has 0 aliphatic heterocycles. The Hall–Kier alpha value is -1.14. The molecule has 1 amide bonds. The summed E-state index contributed by atoms with van der Waals surface area (Å²) in [5.41, 5.74) is 7.79. The van der Waals surface area contributed by atoms with Crippen LogP contribution < -0.4 is 11.1 Å². The average Bonchev–Trinajstić information content (AvgIpc) is 2.46. The van der Waals surface area contributed by atoms with Gasteiger partial charge in [-0.2, -0.15) is 0 Å². The van der Waals surface area contributed by atoms with E-state index in [1.54, 1.807) is 0 Å². The van der Waals surface area contributed by atoms with Crippen molar-refractivity contribution in [2.24, 2.45) is 5.73 Å². The lowest BCUT2D eigenvalue weighted by molar-refractivity contribution is -0.123. The maximum Gasteiger partial charge on any atom is 0.239 e. The van der Waals surface area contributed by atoms with Crippen molar-refractivity contribution in [3.05, 3.63) is 35.4 Å². The van der Waals surface area contributed by atoms with E-state index in [9.17, 15) is 4.79 Å². The van der Waals surface area contributed by atoms with Crippen molar-refractivity contribution in [3.63, 3.8) is 0 Å².